The molecule has 10 heteroatoms. The highest BCUT2D eigenvalue weighted by Gasteiger charge is 2.30. The highest BCUT2D eigenvalue weighted by Crippen LogP contribution is 2.38. The van der Waals surface area contributed by atoms with Gasteiger partial charge >= 0.3 is 0 Å². The van der Waals surface area contributed by atoms with Gasteiger partial charge in [-0.05, 0) is 70.0 Å². The second kappa shape index (κ2) is 10.2. The van der Waals surface area contributed by atoms with E-state index in [2.05, 4.69) is 10.2 Å². The lowest BCUT2D eigenvalue weighted by atomic mass is 10.0. The van der Waals surface area contributed by atoms with Gasteiger partial charge in [0.2, 0.25) is 10.0 Å². The van der Waals surface area contributed by atoms with Crippen molar-refractivity contribution in [1.82, 2.24) is 14.1 Å². The largest absolute Gasteiger partial charge is 0.339 e. The number of hydrogen-bond donors (Lipinski definition) is 1. The molecule has 0 spiro atoms. The van der Waals surface area contributed by atoms with Gasteiger partial charge in [-0.3, -0.25) is 9.59 Å². The molecule has 2 aromatic rings. The van der Waals surface area contributed by atoms with Crippen molar-refractivity contribution in [3.8, 4) is 0 Å². The van der Waals surface area contributed by atoms with Crippen molar-refractivity contribution in [3.63, 3.8) is 0 Å². The number of sulfonamides is 1. The van der Waals surface area contributed by atoms with Crippen LogP contribution in [0.1, 0.15) is 57.8 Å². The van der Waals surface area contributed by atoms with Crippen molar-refractivity contribution in [1.29, 1.82) is 0 Å². The molecule has 0 atom stereocenters. The monoisotopic (exact) mass is 504 g/mol. The SMILES string of the molecule is CCN(CC)C(=O)c1c(NC(=O)c2ccc(S(=O)(=O)N3CCCC3)cc2)sc2c1CCN(C)C2. The molecule has 1 N–H and O–H groups in total. The van der Waals surface area contributed by atoms with Crippen LogP contribution in [0.15, 0.2) is 29.2 Å². The number of nitrogens with zero attached hydrogens (tertiary/aromatic N) is 3. The second-order valence-corrected chi connectivity index (χ2v) is 11.8. The van der Waals surface area contributed by atoms with Crippen molar-refractivity contribution in [2.45, 2.75) is 44.6 Å². The lowest BCUT2D eigenvalue weighted by Gasteiger charge is -2.24. The highest BCUT2D eigenvalue weighted by molar-refractivity contribution is 7.89. The van der Waals surface area contributed by atoms with Gasteiger partial charge < -0.3 is 15.1 Å². The molecule has 184 valence electrons. The van der Waals surface area contributed by atoms with E-state index >= 15 is 0 Å². The zero-order valence-corrected chi connectivity index (χ0v) is 21.6. The first-order valence-corrected chi connectivity index (χ1v) is 14.1. The van der Waals surface area contributed by atoms with Crippen LogP contribution >= 0.6 is 11.3 Å². The second-order valence-electron chi connectivity index (χ2n) is 8.76. The Morgan fingerprint density at radius 3 is 2.32 bits per heavy atom. The summed E-state index contributed by atoms with van der Waals surface area (Å²) < 4.78 is 27.0. The Labute approximate surface area is 205 Å². The molecule has 2 aliphatic heterocycles. The van der Waals surface area contributed by atoms with E-state index in [0.717, 1.165) is 42.8 Å². The van der Waals surface area contributed by atoms with Crippen LogP contribution in [0.5, 0.6) is 0 Å². The van der Waals surface area contributed by atoms with E-state index in [1.165, 1.54) is 39.9 Å². The van der Waals surface area contributed by atoms with Gasteiger partial charge in [0.25, 0.3) is 11.8 Å². The summed E-state index contributed by atoms with van der Waals surface area (Å²) in [7, 11) is -1.49. The van der Waals surface area contributed by atoms with Crippen molar-refractivity contribution in [2.75, 3.05) is 45.1 Å². The van der Waals surface area contributed by atoms with E-state index in [1.807, 2.05) is 20.9 Å². The van der Waals surface area contributed by atoms with E-state index in [-0.39, 0.29) is 16.7 Å². The molecule has 0 aliphatic carbocycles. The maximum Gasteiger partial charge on any atom is 0.257 e. The summed E-state index contributed by atoms with van der Waals surface area (Å²) in [5.74, 6) is -0.417. The Balaban J connectivity index is 1.60. The number of anilines is 1. The fourth-order valence-corrected chi connectivity index (χ4v) is 7.38. The van der Waals surface area contributed by atoms with E-state index in [4.69, 9.17) is 0 Å². The minimum absolute atomic E-state index is 0.0607. The molecule has 0 saturated carbocycles. The molecule has 34 heavy (non-hydrogen) atoms. The summed E-state index contributed by atoms with van der Waals surface area (Å²) in [5.41, 5.74) is 1.98. The first kappa shape index (κ1) is 24.8. The van der Waals surface area contributed by atoms with Crippen LogP contribution in [0.3, 0.4) is 0 Å². The van der Waals surface area contributed by atoms with Gasteiger partial charge in [-0.15, -0.1) is 11.3 Å². The quantitative estimate of drug-likeness (QED) is 0.625. The van der Waals surface area contributed by atoms with Crippen LogP contribution < -0.4 is 5.32 Å². The third kappa shape index (κ3) is 4.77. The standard InChI is InChI=1S/C24H32N4O4S2/c1-4-27(5-2)24(30)21-19-12-15-26(3)16-20(19)33-23(21)25-22(29)17-8-10-18(11-9-17)34(31,32)28-13-6-7-14-28/h8-11H,4-7,12-16H2,1-3H3,(H,25,29). The summed E-state index contributed by atoms with van der Waals surface area (Å²) in [6.07, 6.45) is 2.51. The fraction of sp³-hybridized carbons (Fsp3) is 0.500. The summed E-state index contributed by atoms with van der Waals surface area (Å²) in [6.45, 7) is 7.77. The first-order valence-electron chi connectivity index (χ1n) is 11.8. The first-order chi connectivity index (χ1) is 16.3. The third-order valence-corrected chi connectivity index (χ3v) is 9.60. The third-order valence-electron chi connectivity index (χ3n) is 6.56. The number of carbonyl (C=O) groups excluding carboxylic acids is 2. The molecule has 0 radical (unpaired) electrons. The number of amides is 2. The maximum atomic E-state index is 13.3. The Morgan fingerprint density at radius 1 is 1.06 bits per heavy atom. The fourth-order valence-electron chi connectivity index (χ4n) is 4.55. The van der Waals surface area contributed by atoms with Gasteiger partial charge in [0, 0.05) is 49.7 Å². The molecule has 2 amide bonds. The van der Waals surface area contributed by atoms with E-state index in [1.54, 1.807) is 4.90 Å². The van der Waals surface area contributed by atoms with Crippen LogP contribution in [0.4, 0.5) is 5.00 Å². The smallest absolute Gasteiger partial charge is 0.257 e. The summed E-state index contributed by atoms with van der Waals surface area (Å²) in [6, 6.07) is 6.04. The van der Waals surface area contributed by atoms with Gasteiger partial charge in [0.1, 0.15) is 5.00 Å². The molecule has 4 rings (SSSR count). The number of fused-ring (bicyclic) bond motifs is 1. The molecule has 8 nitrogen and oxygen atoms in total. The molecule has 1 saturated heterocycles. The van der Waals surface area contributed by atoms with Gasteiger partial charge in [0.15, 0.2) is 0 Å². The predicted molar refractivity (Wildman–Crippen MR) is 134 cm³/mol. The molecule has 0 bridgehead atoms. The molecule has 1 aromatic carbocycles. The number of carbonyl (C=O) groups is 2. The minimum atomic E-state index is -3.53. The molecule has 2 aliphatic rings. The van der Waals surface area contributed by atoms with Gasteiger partial charge in [0.05, 0.1) is 10.5 Å². The zero-order valence-electron chi connectivity index (χ0n) is 20.0. The summed E-state index contributed by atoms with van der Waals surface area (Å²) >= 11 is 1.46. The van der Waals surface area contributed by atoms with Gasteiger partial charge in [-0.1, -0.05) is 0 Å². The van der Waals surface area contributed by atoms with Crippen molar-refractivity contribution < 1.29 is 18.0 Å². The van der Waals surface area contributed by atoms with Crippen molar-refractivity contribution >= 4 is 38.2 Å². The average molecular weight is 505 g/mol. The van der Waals surface area contributed by atoms with E-state index in [9.17, 15) is 18.0 Å². The number of benzene rings is 1. The van der Waals surface area contributed by atoms with Crippen LogP contribution in [0.2, 0.25) is 0 Å². The molecule has 0 unspecified atom stereocenters. The van der Waals surface area contributed by atoms with E-state index < -0.39 is 10.0 Å². The molecule has 1 aromatic heterocycles. The van der Waals surface area contributed by atoms with Crippen molar-refractivity contribution in [3.05, 3.63) is 45.8 Å². The number of nitrogens with one attached hydrogen (secondary N) is 1. The van der Waals surface area contributed by atoms with Crippen LogP contribution in [-0.4, -0.2) is 74.1 Å². The summed E-state index contributed by atoms with van der Waals surface area (Å²) in [4.78, 5) is 31.7. The Morgan fingerprint density at radius 2 is 1.71 bits per heavy atom. The lowest BCUT2D eigenvalue weighted by molar-refractivity contribution is 0.0772. The van der Waals surface area contributed by atoms with Crippen molar-refractivity contribution in [2.24, 2.45) is 0 Å². The predicted octanol–water partition coefficient (Wildman–Crippen LogP) is 3.25. The average Bonchev–Trinajstić information content (AvgIpc) is 3.48. The number of thiophene rings is 1. The van der Waals surface area contributed by atoms with Gasteiger partial charge in [-0.2, -0.15) is 4.31 Å². The normalized spacial score (nSPS) is 16.9. The maximum absolute atomic E-state index is 13.3. The minimum Gasteiger partial charge on any atom is -0.339 e. The van der Waals surface area contributed by atoms with E-state index in [0.29, 0.717) is 42.3 Å². The molecular formula is C24H32N4O4S2. The van der Waals surface area contributed by atoms with Gasteiger partial charge in [-0.25, -0.2) is 8.42 Å². The highest BCUT2D eigenvalue weighted by atomic mass is 32.2. The lowest BCUT2D eigenvalue weighted by Crippen LogP contribution is -2.33. The van der Waals surface area contributed by atoms with Crippen LogP contribution in [0.25, 0.3) is 0 Å². The molecule has 3 heterocycles. The Bertz CT molecular complexity index is 1160. The Kier molecular flexibility index (Phi) is 7.42. The number of likely N-dealkylation sites (N-methyl/N-ethyl adjacent to an activating group) is 1. The molecule has 1 fully saturated rings. The molecular weight excluding hydrogens is 472 g/mol. The Hall–Kier alpha value is -2.27. The number of rotatable bonds is 7. The zero-order chi connectivity index (χ0) is 24.5. The van der Waals surface area contributed by atoms with Crippen LogP contribution in [0, 0.1) is 0 Å². The topological polar surface area (TPSA) is 90.0 Å². The summed E-state index contributed by atoms with van der Waals surface area (Å²) in [5, 5.41) is 3.52. The number of hydrogen-bond acceptors (Lipinski definition) is 6. The van der Waals surface area contributed by atoms with Crippen LogP contribution in [-0.2, 0) is 23.0 Å².